The van der Waals surface area contributed by atoms with Gasteiger partial charge in [-0.2, -0.15) is 0 Å². The number of carbonyl (C=O) groups excluding carboxylic acids is 2. The van der Waals surface area contributed by atoms with Gasteiger partial charge in [-0.1, -0.05) is 24.3 Å². The van der Waals surface area contributed by atoms with E-state index < -0.39 is 24.0 Å². The number of esters is 1. The second kappa shape index (κ2) is 12.3. The number of amides is 1. The van der Waals surface area contributed by atoms with E-state index in [4.69, 9.17) is 4.74 Å². The van der Waals surface area contributed by atoms with Gasteiger partial charge >= 0.3 is 5.97 Å². The maximum absolute atomic E-state index is 12.6. The molecule has 0 aliphatic carbocycles. The molecule has 8 heteroatoms. The molecule has 194 valence electrons. The summed E-state index contributed by atoms with van der Waals surface area (Å²) in [6, 6.07) is 15.4. The molecule has 2 aromatic carbocycles. The van der Waals surface area contributed by atoms with Crippen LogP contribution in [0.4, 0.5) is 5.69 Å². The van der Waals surface area contributed by atoms with Gasteiger partial charge in [-0.25, -0.2) is 4.79 Å². The zero-order valence-electron chi connectivity index (χ0n) is 21.2. The molecule has 0 spiro atoms. The molecule has 2 aliphatic heterocycles. The number of aliphatic hydroxyl groups excluding tert-OH is 1. The smallest absolute Gasteiger partial charge is 0.331 e. The maximum atomic E-state index is 12.6. The predicted octanol–water partition coefficient (Wildman–Crippen LogP) is 2.56. The third-order valence-corrected chi connectivity index (χ3v) is 7.17. The summed E-state index contributed by atoms with van der Waals surface area (Å²) in [6.45, 7) is 7.99. The Kier molecular flexibility index (Phi) is 8.96. The number of nitrogens with zero attached hydrogens (tertiary/aromatic N) is 2. The molecule has 0 aromatic heterocycles. The number of aliphatic hydroxyl groups is 1. The fourth-order valence-corrected chi connectivity index (χ4v) is 4.94. The van der Waals surface area contributed by atoms with Gasteiger partial charge < -0.3 is 24.8 Å². The molecule has 0 bridgehead atoms. The molecule has 2 saturated heterocycles. The van der Waals surface area contributed by atoms with Crippen molar-refractivity contribution >= 4 is 17.6 Å². The highest BCUT2D eigenvalue weighted by atomic mass is 16.5. The van der Waals surface area contributed by atoms with Crippen LogP contribution in [0, 0.1) is 0 Å². The summed E-state index contributed by atoms with van der Waals surface area (Å²) in [5.74, 6) is -0.544. The van der Waals surface area contributed by atoms with E-state index in [9.17, 15) is 14.7 Å². The van der Waals surface area contributed by atoms with Crippen LogP contribution in [0.2, 0.25) is 0 Å². The highest BCUT2D eigenvalue weighted by Crippen LogP contribution is 2.31. The number of morpholine rings is 1. The first kappa shape index (κ1) is 26.1. The van der Waals surface area contributed by atoms with E-state index in [0.717, 1.165) is 64.5 Å². The third-order valence-electron chi connectivity index (χ3n) is 7.17. The number of anilines is 1. The minimum atomic E-state index is -1.10. The molecule has 0 saturated carbocycles. The van der Waals surface area contributed by atoms with E-state index in [1.54, 1.807) is 12.1 Å². The normalized spacial score (nSPS) is 18.9. The standard InChI is InChI=1S/C28H37N3O5/c1-20(32)26(28(34)35-2)29-27(33)24-7-9-25(10-8-24)31-13-11-23(12-14-31)22-5-3-21(4-6-22)19-30-15-17-36-18-16-30/h3-10,20,23,26,32H,11-19H2,1-2H3,(H,29,33)/t20-,26?/m1/s1. The van der Waals surface area contributed by atoms with Gasteiger partial charge in [-0.15, -0.1) is 0 Å². The second-order valence-electron chi connectivity index (χ2n) is 9.65. The van der Waals surface area contributed by atoms with Gasteiger partial charge in [0.05, 0.1) is 26.4 Å². The molecule has 2 aromatic rings. The minimum absolute atomic E-state index is 0.423. The van der Waals surface area contributed by atoms with Crippen molar-refractivity contribution in [3.63, 3.8) is 0 Å². The van der Waals surface area contributed by atoms with Crippen LogP contribution in [-0.4, -0.2) is 80.5 Å². The maximum Gasteiger partial charge on any atom is 0.331 e. The van der Waals surface area contributed by atoms with Crippen molar-refractivity contribution in [1.82, 2.24) is 10.2 Å². The monoisotopic (exact) mass is 495 g/mol. The summed E-state index contributed by atoms with van der Waals surface area (Å²) in [5.41, 5.74) is 4.27. The van der Waals surface area contributed by atoms with Crippen LogP contribution in [0.1, 0.15) is 47.2 Å². The molecule has 1 unspecified atom stereocenters. The molecule has 4 rings (SSSR count). The second-order valence-corrected chi connectivity index (χ2v) is 9.65. The van der Waals surface area contributed by atoms with Gasteiger partial charge in [-0.3, -0.25) is 9.69 Å². The highest BCUT2D eigenvalue weighted by Gasteiger charge is 2.27. The molecule has 1 amide bonds. The summed E-state index contributed by atoms with van der Waals surface area (Å²) in [4.78, 5) is 29.1. The number of ether oxygens (including phenoxy) is 2. The number of hydrogen-bond acceptors (Lipinski definition) is 7. The summed E-state index contributed by atoms with van der Waals surface area (Å²) < 4.78 is 10.1. The quantitative estimate of drug-likeness (QED) is 0.544. The molecular weight excluding hydrogens is 458 g/mol. The lowest BCUT2D eigenvalue weighted by Crippen LogP contribution is -2.48. The van der Waals surface area contributed by atoms with Gasteiger partial charge in [0.15, 0.2) is 6.04 Å². The van der Waals surface area contributed by atoms with Crippen molar-refractivity contribution in [2.75, 3.05) is 51.4 Å². The van der Waals surface area contributed by atoms with Crippen LogP contribution in [-0.2, 0) is 20.8 Å². The zero-order valence-corrected chi connectivity index (χ0v) is 21.2. The average Bonchev–Trinajstić information content (AvgIpc) is 2.92. The Morgan fingerprint density at radius 3 is 2.25 bits per heavy atom. The Hall–Kier alpha value is -2.94. The molecular formula is C28H37N3O5. The van der Waals surface area contributed by atoms with E-state index in [1.165, 1.54) is 25.2 Å². The van der Waals surface area contributed by atoms with Crippen molar-refractivity contribution < 1.29 is 24.2 Å². The fraction of sp³-hybridized carbons (Fsp3) is 0.500. The van der Waals surface area contributed by atoms with E-state index in [-0.39, 0.29) is 0 Å². The molecule has 36 heavy (non-hydrogen) atoms. The van der Waals surface area contributed by atoms with Crippen LogP contribution in [0.5, 0.6) is 0 Å². The number of hydrogen-bond donors (Lipinski definition) is 2. The van der Waals surface area contributed by atoms with Crippen LogP contribution in [0.15, 0.2) is 48.5 Å². The minimum Gasteiger partial charge on any atom is -0.467 e. The van der Waals surface area contributed by atoms with E-state index in [2.05, 4.69) is 44.1 Å². The molecule has 2 atom stereocenters. The number of benzene rings is 2. The summed E-state index contributed by atoms with van der Waals surface area (Å²) in [7, 11) is 1.23. The predicted molar refractivity (Wildman–Crippen MR) is 138 cm³/mol. The largest absolute Gasteiger partial charge is 0.467 e. The van der Waals surface area contributed by atoms with Crippen molar-refractivity contribution in [3.05, 3.63) is 65.2 Å². The molecule has 2 N–H and O–H groups in total. The number of rotatable bonds is 8. The zero-order chi connectivity index (χ0) is 25.5. The van der Waals surface area contributed by atoms with Crippen molar-refractivity contribution in [2.45, 2.75) is 44.4 Å². The summed E-state index contributed by atoms with van der Waals surface area (Å²) in [5, 5.41) is 12.3. The van der Waals surface area contributed by atoms with E-state index in [1.807, 2.05) is 12.1 Å². The van der Waals surface area contributed by atoms with Crippen LogP contribution < -0.4 is 10.2 Å². The SMILES string of the molecule is COC(=O)C(NC(=O)c1ccc(N2CCC(c3ccc(CN4CCOCC4)cc3)CC2)cc1)[C@@H](C)O. The fourth-order valence-electron chi connectivity index (χ4n) is 4.94. The molecule has 2 fully saturated rings. The molecule has 0 radical (unpaired) electrons. The first-order valence-electron chi connectivity index (χ1n) is 12.8. The number of nitrogens with one attached hydrogen (secondary N) is 1. The van der Waals surface area contributed by atoms with Crippen molar-refractivity contribution in [2.24, 2.45) is 0 Å². The highest BCUT2D eigenvalue weighted by molar-refractivity contribution is 5.97. The Morgan fingerprint density at radius 2 is 1.67 bits per heavy atom. The van der Waals surface area contributed by atoms with Gasteiger partial charge in [0.25, 0.3) is 5.91 Å². The van der Waals surface area contributed by atoms with Gasteiger partial charge in [0, 0.05) is 44.0 Å². The van der Waals surface area contributed by atoms with E-state index >= 15 is 0 Å². The lowest BCUT2D eigenvalue weighted by molar-refractivity contribution is -0.145. The van der Waals surface area contributed by atoms with Crippen molar-refractivity contribution in [1.29, 1.82) is 0 Å². The molecule has 2 heterocycles. The number of carbonyl (C=O) groups is 2. The van der Waals surface area contributed by atoms with Gasteiger partial charge in [-0.05, 0) is 61.1 Å². The third kappa shape index (κ3) is 6.63. The summed E-state index contributed by atoms with van der Waals surface area (Å²) >= 11 is 0. The van der Waals surface area contributed by atoms with Gasteiger partial charge in [0.2, 0.25) is 0 Å². The molecule has 8 nitrogen and oxygen atoms in total. The Labute approximate surface area is 213 Å². The van der Waals surface area contributed by atoms with Crippen LogP contribution in [0.25, 0.3) is 0 Å². The lowest BCUT2D eigenvalue weighted by atomic mass is 9.88. The number of piperidine rings is 1. The topological polar surface area (TPSA) is 91.3 Å². The Bertz CT molecular complexity index is 995. The van der Waals surface area contributed by atoms with E-state index in [0.29, 0.717) is 11.5 Å². The number of methoxy groups -OCH3 is 1. The van der Waals surface area contributed by atoms with Gasteiger partial charge in [0.1, 0.15) is 0 Å². The van der Waals surface area contributed by atoms with Crippen LogP contribution in [0.3, 0.4) is 0 Å². The van der Waals surface area contributed by atoms with Crippen LogP contribution >= 0.6 is 0 Å². The molecule has 2 aliphatic rings. The lowest BCUT2D eigenvalue weighted by Gasteiger charge is -2.34. The summed E-state index contributed by atoms with van der Waals surface area (Å²) in [6.07, 6.45) is 1.11. The first-order chi connectivity index (χ1) is 17.4. The average molecular weight is 496 g/mol. The van der Waals surface area contributed by atoms with Crippen molar-refractivity contribution in [3.8, 4) is 0 Å². The first-order valence-corrected chi connectivity index (χ1v) is 12.8. The Balaban J connectivity index is 1.28. The Morgan fingerprint density at radius 1 is 1.03 bits per heavy atom.